The number of nitro benzene ring substituents is 2. The number of hydrogen-bond donors (Lipinski definition) is 3. The largest absolute Gasteiger partial charge is 0.413 e. The average Bonchev–Trinajstić information content (AvgIpc) is 3.27. The zero-order valence-electron chi connectivity index (χ0n) is 38.7. The van der Waals surface area contributed by atoms with Crippen LogP contribution in [0.15, 0.2) is 72.8 Å². The molecule has 4 atom stereocenters. The second-order valence-electron chi connectivity index (χ2n) is 17.4. The van der Waals surface area contributed by atoms with E-state index < -0.39 is 53.9 Å². The monoisotopic (exact) mass is 972 g/mol. The number of benzene rings is 4. The number of carbonyl (C=O) groups excluding carboxylic acids is 4. The molecule has 19 heteroatoms. The van der Waals surface area contributed by atoms with E-state index in [4.69, 9.17) is 40.8 Å². The molecule has 4 rings (SSSR count). The fourth-order valence-corrected chi connectivity index (χ4v) is 8.43. The molecule has 0 aliphatic carbocycles. The molecule has 0 aliphatic rings. The maximum atomic E-state index is 13.4. The molecule has 4 aromatic carbocycles. The summed E-state index contributed by atoms with van der Waals surface area (Å²) in [6.45, 7) is 31.3. The number of amides is 2. The van der Waals surface area contributed by atoms with Gasteiger partial charge in [-0.25, -0.2) is 9.69 Å². The highest BCUT2D eigenvalue weighted by Gasteiger charge is 2.41. The normalized spacial score (nSPS) is 13.0. The zero-order valence-corrected chi connectivity index (χ0v) is 41.2. The molecule has 0 aliphatic heterocycles. The van der Waals surface area contributed by atoms with Crippen molar-refractivity contribution in [3.63, 3.8) is 0 Å². The summed E-state index contributed by atoms with van der Waals surface area (Å²) in [7, 11) is -2.21. The van der Waals surface area contributed by atoms with Crippen LogP contribution < -0.4 is 10.6 Å². The Morgan fingerprint density at radius 3 is 1.39 bits per heavy atom. The van der Waals surface area contributed by atoms with Crippen molar-refractivity contribution in [2.24, 2.45) is 11.8 Å². The molecule has 0 radical (unpaired) electrons. The molecule has 354 valence electrons. The maximum absolute atomic E-state index is 13.4. The summed E-state index contributed by atoms with van der Waals surface area (Å²) in [5.74, 6) is -3.07. The van der Waals surface area contributed by atoms with Crippen molar-refractivity contribution in [1.29, 1.82) is 0 Å². The van der Waals surface area contributed by atoms with Crippen LogP contribution in [0.4, 0.5) is 22.7 Å². The fourth-order valence-electron chi connectivity index (χ4n) is 6.53. The molecule has 0 fully saturated rings. The number of nitro groups is 2. The van der Waals surface area contributed by atoms with Gasteiger partial charge in [-0.15, -0.1) is 0 Å². The first-order chi connectivity index (χ1) is 31.2. The standard InChI is InChI=1S/C27H34ClN3O5Si.C21H20ClN3O5/c1-17-20(11-14-23(29-6)25(17)28)15-22(18(2)36-37(7,8)27(3,4)5)26(33)30-16-24(32)19-9-12-21(13-10-19)31(34)35;1-12-15(6-9-18(23-3)20(12)22)10-17(13(2)26)21(28)24-11-19(27)14-4-7-16(8-5-14)25(29)30/h9-14,18,22H,15-16H2,1-5,7-8H3,(H,30,33);4-9,13,17,26H,10-11H2,1-2H3,(H,24,28)/t18-,22+;13-,17+/m00/s1. The van der Waals surface area contributed by atoms with Crippen molar-refractivity contribution < 1.29 is 38.6 Å². The summed E-state index contributed by atoms with van der Waals surface area (Å²) in [6, 6.07) is 17.0. The Hall–Kier alpha value is -6.34. The molecule has 0 heterocycles. The molecule has 67 heavy (non-hydrogen) atoms. The summed E-state index contributed by atoms with van der Waals surface area (Å²) in [5, 5.41) is 37.5. The van der Waals surface area contributed by atoms with Crippen molar-refractivity contribution in [1.82, 2.24) is 10.6 Å². The van der Waals surface area contributed by atoms with Crippen molar-refractivity contribution in [2.75, 3.05) is 13.1 Å². The lowest BCUT2D eigenvalue weighted by Crippen LogP contribution is -2.48. The number of aliphatic hydroxyl groups is 1. The highest BCUT2D eigenvalue weighted by Crippen LogP contribution is 2.39. The highest BCUT2D eigenvalue weighted by atomic mass is 35.5. The zero-order chi connectivity index (χ0) is 50.6. The first kappa shape index (κ1) is 55.0. The Morgan fingerprint density at radius 1 is 0.701 bits per heavy atom. The molecule has 0 spiro atoms. The third kappa shape index (κ3) is 14.8. The molecule has 0 unspecified atom stereocenters. The van der Waals surface area contributed by atoms with Crippen LogP contribution in [0.25, 0.3) is 9.69 Å². The fraction of sp³-hybridized carbons (Fsp3) is 0.375. The molecule has 2 amide bonds. The van der Waals surface area contributed by atoms with Gasteiger partial charge < -0.3 is 20.2 Å². The van der Waals surface area contributed by atoms with Crippen molar-refractivity contribution in [2.45, 2.75) is 91.6 Å². The van der Waals surface area contributed by atoms with Gasteiger partial charge in [-0.05, 0) is 105 Å². The summed E-state index contributed by atoms with van der Waals surface area (Å²) >= 11 is 12.6. The van der Waals surface area contributed by atoms with Crippen LogP contribution in [0, 0.1) is 59.1 Å². The van der Waals surface area contributed by atoms with E-state index in [1.165, 1.54) is 55.5 Å². The second kappa shape index (κ2) is 23.9. The molecule has 3 N–H and O–H groups in total. The lowest BCUT2D eigenvalue weighted by atomic mass is 9.91. The van der Waals surface area contributed by atoms with Gasteiger partial charge in [0, 0.05) is 35.4 Å². The Morgan fingerprint density at radius 2 is 1.06 bits per heavy atom. The van der Waals surface area contributed by atoms with E-state index in [0.29, 0.717) is 33.4 Å². The van der Waals surface area contributed by atoms with E-state index in [0.717, 1.165) is 16.7 Å². The molecule has 0 bridgehead atoms. The third-order valence-corrected chi connectivity index (χ3v) is 17.4. The topological polar surface area (TPSA) is 217 Å². The van der Waals surface area contributed by atoms with Crippen LogP contribution in [0.5, 0.6) is 0 Å². The number of ketones is 2. The number of hydrogen-bond acceptors (Lipinski definition) is 10. The van der Waals surface area contributed by atoms with Crippen LogP contribution in [0.2, 0.25) is 28.2 Å². The second-order valence-corrected chi connectivity index (χ2v) is 22.9. The number of halogens is 2. The molecular formula is C48H54Cl2N6O10Si. The SMILES string of the molecule is [C-]#[N+]c1ccc(C[C@@H](C(=O)NCC(=O)c2ccc([N+](=O)[O-])cc2)[C@H](C)O)c(C)c1Cl.[C-]#[N+]c1ccc(C[C@@H](C(=O)NCC(=O)c2ccc([N+](=O)[O-])cc2)[C@H](C)O[Si](C)(C)C(C)(C)C)c(C)c1Cl. The van der Waals surface area contributed by atoms with E-state index in [1.807, 2.05) is 13.8 Å². The Kier molecular flexibility index (Phi) is 19.6. The van der Waals surface area contributed by atoms with Gasteiger partial charge >= 0.3 is 0 Å². The third-order valence-electron chi connectivity index (χ3n) is 11.8. The summed E-state index contributed by atoms with van der Waals surface area (Å²) in [4.78, 5) is 78.1. The number of rotatable bonds is 18. The van der Waals surface area contributed by atoms with E-state index >= 15 is 0 Å². The summed E-state index contributed by atoms with van der Waals surface area (Å²) < 4.78 is 6.55. The Bertz CT molecular complexity index is 2580. The Balaban J connectivity index is 0.000000363. The van der Waals surface area contributed by atoms with Gasteiger partial charge in [0.05, 0.1) is 70.2 Å². The van der Waals surface area contributed by atoms with Gasteiger partial charge in [-0.1, -0.05) is 68.2 Å². The maximum Gasteiger partial charge on any atom is 0.269 e. The van der Waals surface area contributed by atoms with Gasteiger partial charge in [-0.3, -0.25) is 39.4 Å². The van der Waals surface area contributed by atoms with E-state index in [2.05, 4.69) is 54.2 Å². The first-order valence-corrected chi connectivity index (χ1v) is 24.7. The minimum Gasteiger partial charge on any atom is -0.413 e. The van der Waals surface area contributed by atoms with Crippen LogP contribution in [0.3, 0.4) is 0 Å². The van der Waals surface area contributed by atoms with Gasteiger partial charge in [0.1, 0.15) is 0 Å². The lowest BCUT2D eigenvalue weighted by molar-refractivity contribution is -0.385. The number of Topliss-reactive ketones (excluding diaryl/α,β-unsaturated/α-hetero) is 2. The minimum absolute atomic E-state index is 0.0648. The molecule has 4 aromatic rings. The van der Waals surface area contributed by atoms with Crippen LogP contribution >= 0.6 is 23.2 Å². The number of carbonyl (C=O) groups is 4. The van der Waals surface area contributed by atoms with E-state index in [9.17, 15) is 44.5 Å². The molecular weight excluding hydrogens is 920 g/mol. The number of aliphatic hydroxyl groups excluding tert-OH is 1. The number of non-ortho nitro benzene ring substituents is 2. The average molecular weight is 974 g/mol. The van der Waals surface area contributed by atoms with Gasteiger partial charge in [-0.2, -0.15) is 0 Å². The summed E-state index contributed by atoms with van der Waals surface area (Å²) in [5.41, 5.74) is 3.84. The van der Waals surface area contributed by atoms with Gasteiger partial charge in [0.25, 0.3) is 11.4 Å². The number of nitrogens with zero attached hydrogens (tertiary/aromatic N) is 4. The molecule has 0 saturated heterocycles. The molecule has 0 aromatic heterocycles. The van der Waals surface area contributed by atoms with Crippen LogP contribution in [-0.2, 0) is 26.9 Å². The van der Waals surface area contributed by atoms with Gasteiger partial charge in [0.15, 0.2) is 19.9 Å². The number of nitrogens with one attached hydrogen (secondary N) is 2. The first-order valence-electron chi connectivity index (χ1n) is 21.0. The van der Waals surface area contributed by atoms with Crippen LogP contribution in [-0.4, -0.2) is 71.9 Å². The minimum atomic E-state index is -2.21. The predicted octanol–water partition coefficient (Wildman–Crippen LogP) is 10.3. The van der Waals surface area contributed by atoms with Crippen LogP contribution in [0.1, 0.15) is 77.6 Å². The van der Waals surface area contributed by atoms with Crippen molar-refractivity contribution >= 4 is 77.6 Å². The van der Waals surface area contributed by atoms with E-state index in [1.54, 1.807) is 31.2 Å². The highest BCUT2D eigenvalue weighted by molar-refractivity contribution is 6.74. The van der Waals surface area contributed by atoms with Crippen molar-refractivity contribution in [3.05, 3.63) is 159 Å². The van der Waals surface area contributed by atoms with E-state index in [-0.39, 0.29) is 58.7 Å². The quantitative estimate of drug-likeness (QED) is 0.0282. The van der Waals surface area contributed by atoms with Gasteiger partial charge in [0.2, 0.25) is 23.2 Å². The summed E-state index contributed by atoms with van der Waals surface area (Å²) in [6.07, 6.45) is -0.941. The Labute approximate surface area is 401 Å². The lowest BCUT2D eigenvalue weighted by Gasteiger charge is -2.40. The predicted molar refractivity (Wildman–Crippen MR) is 260 cm³/mol. The molecule has 0 saturated carbocycles. The molecule has 16 nitrogen and oxygen atoms in total. The van der Waals surface area contributed by atoms with Crippen molar-refractivity contribution in [3.8, 4) is 0 Å². The smallest absolute Gasteiger partial charge is 0.269 e.